The topological polar surface area (TPSA) is 111 Å². The van der Waals surface area contributed by atoms with Gasteiger partial charge >= 0.3 is 5.97 Å². The molecule has 0 aliphatic rings. The number of carbonyl (C=O) groups is 1. The Balaban J connectivity index is 1.58. The fourth-order valence-electron chi connectivity index (χ4n) is 2.83. The van der Waals surface area contributed by atoms with Crippen molar-refractivity contribution in [2.75, 3.05) is 0 Å². The van der Waals surface area contributed by atoms with Crippen molar-refractivity contribution in [3.63, 3.8) is 0 Å². The fourth-order valence-corrected chi connectivity index (χ4v) is 2.83. The lowest BCUT2D eigenvalue weighted by atomic mass is 10.1. The van der Waals surface area contributed by atoms with Crippen molar-refractivity contribution in [2.24, 2.45) is 0 Å². The quantitative estimate of drug-likeness (QED) is 0.544. The SMILES string of the molecule is Cc1cccc(-c2nnc([C@@H](C)OC(=O)c3n[nH]c(=O)c4ccccc34)o2)c1. The lowest BCUT2D eigenvalue weighted by Crippen LogP contribution is -2.17. The van der Waals surface area contributed by atoms with Crippen molar-refractivity contribution in [3.8, 4) is 11.5 Å². The molecule has 4 aromatic rings. The first-order valence-electron chi connectivity index (χ1n) is 8.62. The van der Waals surface area contributed by atoms with Gasteiger partial charge in [0.15, 0.2) is 11.8 Å². The molecule has 0 spiro atoms. The van der Waals surface area contributed by atoms with Gasteiger partial charge in [-0.05, 0) is 32.0 Å². The van der Waals surface area contributed by atoms with Gasteiger partial charge in [-0.1, -0.05) is 35.9 Å². The number of fused-ring (bicyclic) bond motifs is 1. The van der Waals surface area contributed by atoms with Crippen LogP contribution in [-0.4, -0.2) is 26.4 Å². The second kappa shape index (κ2) is 7.07. The highest BCUT2D eigenvalue weighted by atomic mass is 16.6. The number of aromatic nitrogens is 4. The second-order valence-electron chi connectivity index (χ2n) is 6.31. The Morgan fingerprint density at radius 3 is 2.68 bits per heavy atom. The van der Waals surface area contributed by atoms with Crippen LogP contribution in [0.2, 0.25) is 0 Å². The number of aromatic amines is 1. The first kappa shape index (κ1) is 17.6. The summed E-state index contributed by atoms with van der Waals surface area (Å²) in [6, 6.07) is 14.3. The van der Waals surface area contributed by atoms with E-state index in [-0.39, 0.29) is 17.1 Å². The summed E-state index contributed by atoms with van der Waals surface area (Å²) in [6.07, 6.45) is -0.786. The van der Waals surface area contributed by atoms with Gasteiger partial charge in [-0.3, -0.25) is 4.79 Å². The van der Waals surface area contributed by atoms with E-state index in [1.54, 1.807) is 31.2 Å². The van der Waals surface area contributed by atoms with Gasteiger partial charge in [0.1, 0.15) is 0 Å². The van der Waals surface area contributed by atoms with Crippen LogP contribution < -0.4 is 5.56 Å². The molecule has 8 nitrogen and oxygen atoms in total. The van der Waals surface area contributed by atoms with Crippen LogP contribution in [0.5, 0.6) is 0 Å². The largest absolute Gasteiger partial charge is 0.448 e. The molecule has 28 heavy (non-hydrogen) atoms. The first-order valence-corrected chi connectivity index (χ1v) is 8.62. The molecule has 0 aliphatic heterocycles. The zero-order chi connectivity index (χ0) is 19.7. The third-order valence-electron chi connectivity index (χ3n) is 4.23. The van der Waals surface area contributed by atoms with E-state index in [1.165, 1.54) is 0 Å². The zero-order valence-electron chi connectivity index (χ0n) is 15.2. The number of H-pyrrole nitrogens is 1. The number of ether oxygens (including phenoxy) is 1. The highest BCUT2D eigenvalue weighted by Crippen LogP contribution is 2.24. The van der Waals surface area contributed by atoms with Gasteiger partial charge in [0, 0.05) is 10.9 Å². The molecule has 0 radical (unpaired) electrons. The van der Waals surface area contributed by atoms with E-state index in [2.05, 4.69) is 20.4 Å². The maximum atomic E-state index is 12.6. The van der Waals surface area contributed by atoms with E-state index in [1.807, 2.05) is 31.2 Å². The Bertz CT molecular complexity index is 1230. The van der Waals surface area contributed by atoms with Gasteiger partial charge in [0.2, 0.25) is 5.89 Å². The summed E-state index contributed by atoms with van der Waals surface area (Å²) >= 11 is 0. The Morgan fingerprint density at radius 1 is 1.11 bits per heavy atom. The molecule has 0 bridgehead atoms. The molecule has 0 saturated carbocycles. The standard InChI is InChI=1S/C20H16N4O4/c1-11-6-5-7-13(10-11)19-24-23-18(28-19)12(2)27-20(26)16-14-8-3-4-9-15(14)17(25)22-21-16/h3-10,12H,1-2H3,(H,22,25)/t12-/m1/s1. The molecule has 2 heterocycles. The van der Waals surface area contributed by atoms with Crippen LogP contribution in [-0.2, 0) is 4.74 Å². The highest BCUT2D eigenvalue weighted by molar-refractivity contribution is 6.02. The third kappa shape index (κ3) is 3.27. The van der Waals surface area contributed by atoms with Crippen LogP contribution in [0, 0.1) is 6.92 Å². The van der Waals surface area contributed by atoms with E-state index < -0.39 is 12.1 Å². The highest BCUT2D eigenvalue weighted by Gasteiger charge is 2.22. The normalized spacial score (nSPS) is 12.1. The average Bonchev–Trinajstić information content (AvgIpc) is 3.19. The second-order valence-corrected chi connectivity index (χ2v) is 6.31. The van der Waals surface area contributed by atoms with Crippen molar-refractivity contribution in [1.82, 2.24) is 20.4 Å². The van der Waals surface area contributed by atoms with Crippen LogP contribution in [0.15, 0.2) is 57.7 Å². The number of aryl methyl sites for hydroxylation is 1. The van der Waals surface area contributed by atoms with Crippen LogP contribution in [0.1, 0.15) is 35.0 Å². The molecule has 1 atom stereocenters. The first-order chi connectivity index (χ1) is 13.5. The number of rotatable bonds is 4. The minimum Gasteiger partial charge on any atom is -0.448 e. The Labute approximate surface area is 159 Å². The molecule has 0 aliphatic carbocycles. The molecular formula is C20H16N4O4. The van der Waals surface area contributed by atoms with E-state index in [0.717, 1.165) is 11.1 Å². The molecule has 0 fully saturated rings. The molecule has 140 valence electrons. The minimum absolute atomic E-state index is 0.0143. The molecule has 8 heteroatoms. The Morgan fingerprint density at radius 2 is 1.89 bits per heavy atom. The van der Waals surface area contributed by atoms with Crippen molar-refractivity contribution in [3.05, 3.63) is 76.0 Å². The molecule has 2 aromatic heterocycles. The predicted molar refractivity (Wildman–Crippen MR) is 101 cm³/mol. The van der Waals surface area contributed by atoms with E-state index in [0.29, 0.717) is 16.7 Å². The number of hydrogen-bond donors (Lipinski definition) is 1. The summed E-state index contributed by atoms with van der Waals surface area (Å²) < 4.78 is 11.1. The van der Waals surface area contributed by atoms with Crippen LogP contribution in [0.25, 0.3) is 22.2 Å². The van der Waals surface area contributed by atoms with E-state index in [9.17, 15) is 9.59 Å². The molecule has 2 aromatic carbocycles. The summed E-state index contributed by atoms with van der Waals surface area (Å²) in [4.78, 5) is 24.4. The zero-order valence-corrected chi connectivity index (χ0v) is 15.2. The molecule has 0 amide bonds. The number of nitrogens with zero attached hydrogens (tertiary/aromatic N) is 3. The molecular weight excluding hydrogens is 360 g/mol. The Hall–Kier alpha value is -3.81. The van der Waals surface area contributed by atoms with Crippen LogP contribution in [0.4, 0.5) is 0 Å². The minimum atomic E-state index is -0.786. The van der Waals surface area contributed by atoms with Gasteiger partial charge in [-0.25, -0.2) is 9.89 Å². The third-order valence-corrected chi connectivity index (χ3v) is 4.23. The Kier molecular flexibility index (Phi) is 4.44. The number of esters is 1. The number of nitrogens with one attached hydrogen (secondary N) is 1. The predicted octanol–water partition coefficient (Wildman–Crippen LogP) is 3.20. The van der Waals surface area contributed by atoms with Crippen molar-refractivity contribution >= 4 is 16.7 Å². The molecule has 0 saturated heterocycles. The van der Waals surface area contributed by atoms with Crippen LogP contribution >= 0.6 is 0 Å². The lowest BCUT2D eigenvalue weighted by Gasteiger charge is -2.10. The maximum absolute atomic E-state index is 12.6. The van der Waals surface area contributed by atoms with Gasteiger partial charge in [0.05, 0.1) is 5.39 Å². The van der Waals surface area contributed by atoms with E-state index >= 15 is 0 Å². The van der Waals surface area contributed by atoms with Crippen molar-refractivity contribution in [1.29, 1.82) is 0 Å². The summed E-state index contributed by atoms with van der Waals surface area (Å²) in [5.41, 5.74) is 1.48. The van der Waals surface area contributed by atoms with E-state index in [4.69, 9.17) is 9.15 Å². The average molecular weight is 376 g/mol. The summed E-state index contributed by atoms with van der Waals surface area (Å²) in [5.74, 6) is -0.192. The van der Waals surface area contributed by atoms with Crippen molar-refractivity contribution < 1.29 is 13.9 Å². The number of carbonyl (C=O) groups excluding carboxylic acids is 1. The smallest absolute Gasteiger partial charge is 0.360 e. The number of benzene rings is 2. The van der Waals surface area contributed by atoms with Gasteiger partial charge < -0.3 is 9.15 Å². The van der Waals surface area contributed by atoms with Gasteiger partial charge in [0.25, 0.3) is 11.4 Å². The van der Waals surface area contributed by atoms with Crippen LogP contribution in [0.3, 0.4) is 0 Å². The fraction of sp³-hybridized carbons (Fsp3) is 0.150. The van der Waals surface area contributed by atoms with Crippen molar-refractivity contribution in [2.45, 2.75) is 20.0 Å². The van der Waals surface area contributed by atoms with Gasteiger partial charge in [-0.2, -0.15) is 5.10 Å². The summed E-state index contributed by atoms with van der Waals surface area (Å²) in [5, 5.41) is 14.9. The molecule has 1 N–H and O–H groups in total. The summed E-state index contributed by atoms with van der Waals surface area (Å²) in [6.45, 7) is 3.59. The lowest BCUT2D eigenvalue weighted by molar-refractivity contribution is 0.0274. The van der Waals surface area contributed by atoms with Gasteiger partial charge in [-0.15, -0.1) is 10.2 Å². The summed E-state index contributed by atoms with van der Waals surface area (Å²) in [7, 11) is 0. The molecule has 4 rings (SSSR count). The maximum Gasteiger partial charge on any atom is 0.360 e. The monoisotopic (exact) mass is 376 g/mol. The number of hydrogen-bond acceptors (Lipinski definition) is 7. The molecule has 0 unspecified atom stereocenters.